The van der Waals surface area contributed by atoms with Gasteiger partial charge in [0, 0.05) is 26.1 Å². The van der Waals surface area contributed by atoms with Crippen LogP contribution < -0.4 is 10.6 Å². The average molecular weight is 198 g/mol. The molecule has 0 heterocycles. The molecule has 0 unspecified atom stereocenters. The Morgan fingerprint density at radius 3 is 2.57 bits per heavy atom. The highest BCUT2D eigenvalue weighted by Crippen LogP contribution is 1.92. The second-order valence-electron chi connectivity index (χ2n) is 3.38. The van der Waals surface area contributed by atoms with Gasteiger partial charge in [-0.25, -0.2) is 0 Å². The van der Waals surface area contributed by atoms with Crippen molar-refractivity contribution in [3.63, 3.8) is 0 Å². The van der Waals surface area contributed by atoms with Crippen LogP contribution in [-0.4, -0.2) is 25.5 Å². The van der Waals surface area contributed by atoms with Gasteiger partial charge in [0.25, 0.3) is 0 Å². The van der Waals surface area contributed by atoms with Gasteiger partial charge in [-0.2, -0.15) is 0 Å². The van der Waals surface area contributed by atoms with Crippen LogP contribution in [0.2, 0.25) is 0 Å². The van der Waals surface area contributed by atoms with E-state index < -0.39 is 0 Å². The van der Waals surface area contributed by atoms with E-state index in [0.717, 1.165) is 32.5 Å². The van der Waals surface area contributed by atoms with Crippen LogP contribution in [0.5, 0.6) is 0 Å². The van der Waals surface area contributed by atoms with Crippen LogP contribution in [0, 0.1) is 0 Å². The highest BCUT2D eigenvalue weighted by molar-refractivity contribution is 5.75. The maximum Gasteiger partial charge on any atom is 0.221 e. The summed E-state index contributed by atoms with van der Waals surface area (Å²) >= 11 is 0. The van der Waals surface area contributed by atoms with E-state index in [4.69, 9.17) is 0 Å². The van der Waals surface area contributed by atoms with Crippen LogP contribution in [0.3, 0.4) is 0 Å². The first-order valence-corrected chi connectivity index (χ1v) is 5.34. The van der Waals surface area contributed by atoms with Crippen LogP contribution in [0.4, 0.5) is 0 Å². The molecular formula is C11H22N2O. The second kappa shape index (κ2) is 8.75. The molecule has 0 aliphatic rings. The molecule has 3 heteroatoms. The Hall–Kier alpha value is -0.830. The third-order valence-corrected chi connectivity index (χ3v) is 1.98. The predicted molar refractivity (Wildman–Crippen MR) is 60.2 cm³/mol. The van der Waals surface area contributed by atoms with Gasteiger partial charge >= 0.3 is 0 Å². The van der Waals surface area contributed by atoms with E-state index in [9.17, 15) is 4.79 Å². The van der Waals surface area contributed by atoms with Gasteiger partial charge in [-0.15, -0.1) is 0 Å². The van der Waals surface area contributed by atoms with Gasteiger partial charge in [-0.1, -0.05) is 26.0 Å². The lowest BCUT2D eigenvalue weighted by molar-refractivity contribution is -0.120. The average Bonchev–Trinajstić information content (AvgIpc) is 2.21. The fourth-order valence-corrected chi connectivity index (χ4v) is 0.945. The lowest BCUT2D eigenvalue weighted by atomic mass is 10.2. The van der Waals surface area contributed by atoms with Crippen LogP contribution in [0.1, 0.15) is 33.1 Å². The highest BCUT2D eigenvalue weighted by atomic mass is 16.1. The third kappa shape index (κ3) is 7.80. The topological polar surface area (TPSA) is 41.1 Å². The quantitative estimate of drug-likeness (QED) is 0.458. The zero-order chi connectivity index (χ0) is 10.8. The lowest BCUT2D eigenvalue weighted by Crippen LogP contribution is -2.28. The summed E-state index contributed by atoms with van der Waals surface area (Å²) in [6.07, 6.45) is 2.54. The molecule has 1 amide bonds. The monoisotopic (exact) mass is 198 g/mol. The molecule has 0 aliphatic heterocycles. The first kappa shape index (κ1) is 13.2. The Kier molecular flexibility index (Phi) is 8.24. The normalized spacial score (nSPS) is 9.86. The molecule has 0 aromatic rings. The number of amides is 1. The maximum atomic E-state index is 11.1. The summed E-state index contributed by atoms with van der Waals surface area (Å²) in [5.74, 6) is 0.126. The van der Waals surface area contributed by atoms with Crippen molar-refractivity contribution in [3.8, 4) is 0 Å². The van der Waals surface area contributed by atoms with Crippen molar-refractivity contribution in [2.75, 3.05) is 19.6 Å². The van der Waals surface area contributed by atoms with Crippen molar-refractivity contribution >= 4 is 5.91 Å². The molecule has 0 fully saturated rings. The lowest BCUT2D eigenvalue weighted by Gasteiger charge is -2.06. The fourth-order valence-electron chi connectivity index (χ4n) is 0.945. The van der Waals surface area contributed by atoms with Crippen LogP contribution in [0.15, 0.2) is 12.2 Å². The summed E-state index contributed by atoms with van der Waals surface area (Å²) in [6.45, 7) is 10.3. The summed E-state index contributed by atoms with van der Waals surface area (Å²) in [4.78, 5) is 11.1. The smallest absolute Gasteiger partial charge is 0.221 e. The maximum absolute atomic E-state index is 11.1. The van der Waals surface area contributed by atoms with Gasteiger partial charge in [0.15, 0.2) is 0 Å². The Morgan fingerprint density at radius 2 is 2.00 bits per heavy atom. The molecule has 3 nitrogen and oxygen atoms in total. The van der Waals surface area contributed by atoms with Crippen LogP contribution >= 0.6 is 0 Å². The SMILES string of the molecule is C=C(CC)CNCCC(=O)NCCC. The number of hydrogen-bond donors (Lipinski definition) is 2. The highest BCUT2D eigenvalue weighted by Gasteiger charge is 1.98. The van der Waals surface area contributed by atoms with Gasteiger partial charge in [-0.05, 0) is 12.8 Å². The number of rotatable bonds is 8. The zero-order valence-electron chi connectivity index (χ0n) is 9.36. The fraction of sp³-hybridized carbons (Fsp3) is 0.727. The van der Waals surface area contributed by atoms with Crippen molar-refractivity contribution < 1.29 is 4.79 Å². The minimum absolute atomic E-state index is 0.126. The van der Waals surface area contributed by atoms with Crippen molar-refractivity contribution in [3.05, 3.63) is 12.2 Å². The molecule has 0 aliphatic carbocycles. The summed E-state index contributed by atoms with van der Waals surface area (Å²) in [5, 5.41) is 6.02. The first-order chi connectivity index (χ1) is 6.70. The molecule has 82 valence electrons. The second-order valence-corrected chi connectivity index (χ2v) is 3.38. The molecule has 0 atom stereocenters. The van der Waals surface area contributed by atoms with E-state index in [2.05, 4.69) is 24.1 Å². The predicted octanol–water partition coefficient (Wildman–Crippen LogP) is 1.46. The molecule has 2 N–H and O–H groups in total. The van der Waals surface area contributed by atoms with Crippen LogP contribution in [0.25, 0.3) is 0 Å². The molecule has 0 spiro atoms. The molecule has 0 saturated heterocycles. The molecule has 0 bridgehead atoms. The molecule has 0 aromatic heterocycles. The van der Waals surface area contributed by atoms with E-state index in [1.54, 1.807) is 0 Å². The largest absolute Gasteiger partial charge is 0.356 e. The number of hydrogen-bond acceptors (Lipinski definition) is 2. The first-order valence-electron chi connectivity index (χ1n) is 5.34. The Morgan fingerprint density at radius 1 is 1.29 bits per heavy atom. The summed E-state index contributed by atoms with van der Waals surface area (Å²) in [7, 11) is 0. The minimum Gasteiger partial charge on any atom is -0.356 e. The van der Waals surface area contributed by atoms with Gasteiger partial charge in [0.2, 0.25) is 5.91 Å². The van der Waals surface area contributed by atoms with Crippen LogP contribution in [-0.2, 0) is 4.79 Å². The Bertz CT molecular complexity index is 178. The van der Waals surface area contributed by atoms with E-state index in [1.165, 1.54) is 5.57 Å². The summed E-state index contributed by atoms with van der Waals surface area (Å²) in [6, 6.07) is 0. The summed E-state index contributed by atoms with van der Waals surface area (Å²) in [5.41, 5.74) is 1.18. The van der Waals surface area contributed by atoms with E-state index >= 15 is 0 Å². The van der Waals surface area contributed by atoms with E-state index in [0.29, 0.717) is 6.42 Å². The molecular weight excluding hydrogens is 176 g/mol. The summed E-state index contributed by atoms with van der Waals surface area (Å²) < 4.78 is 0. The Balaban J connectivity index is 3.27. The standard InChI is InChI=1S/C11H22N2O/c1-4-7-13-11(14)6-8-12-9-10(3)5-2/h12H,3-9H2,1-2H3,(H,13,14). The molecule has 0 saturated carbocycles. The van der Waals surface area contributed by atoms with Crippen molar-refractivity contribution in [2.45, 2.75) is 33.1 Å². The Labute approximate surface area is 87.0 Å². The molecule has 0 rings (SSSR count). The minimum atomic E-state index is 0.126. The van der Waals surface area contributed by atoms with E-state index in [-0.39, 0.29) is 5.91 Å². The number of carbonyl (C=O) groups is 1. The van der Waals surface area contributed by atoms with Gasteiger partial charge < -0.3 is 10.6 Å². The van der Waals surface area contributed by atoms with Gasteiger partial charge in [0.1, 0.15) is 0 Å². The van der Waals surface area contributed by atoms with E-state index in [1.807, 2.05) is 6.92 Å². The zero-order valence-corrected chi connectivity index (χ0v) is 9.36. The van der Waals surface area contributed by atoms with Gasteiger partial charge in [0.05, 0.1) is 0 Å². The van der Waals surface area contributed by atoms with Crippen molar-refractivity contribution in [1.82, 2.24) is 10.6 Å². The third-order valence-electron chi connectivity index (χ3n) is 1.98. The molecule has 0 radical (unpaired) electrons. The van der Waals surface area contributed by atoms with Gasteiger partial charge in [-0.3, -0.25) is 4.79 Å². The molecule has 0 aromatic carbocycles. The number of nitrogens with one attached hydrogen (secondary N) is 2. The van der Waals surface area contributed by atoms with Crippen molar-refractivity contribution in [2.24, 2.45) is 0 Å². The number of carbonyl (C=O) groups excluding carboxylic acids is 1. The van der Waals surface area contributed by atoms with Crippen molar-refractivity contribution in [1.29, 1.82) is 0 Å². The molecule has 14 heavy (non-hydrogen) atoms.